The van der Waals surface area contributed by atoms with Gasteiger partial charge in [-0.15, -0.1) is 0 Å². The lowest BCUT2D eigenvalue weighted by Gasteiger charge is -2.19. The summed E-state index contributed by atoms with van der Waals surface area (Å²) >= 11 is 6.07. The highest BCUT2D eigenvalue weighted by Gasteiger charge is 2.12. The van der Waals surface area contributed by atoms with E-state index in [1.54, 1.807) is 6.20 Å². The van der Waals surface area contributed by atoms with Crippen LogP contribution in [0.25, 0.3) is 0 Å². The molecule has 4 heteroatoms. The van der Waals surface area contributed by atoms with Crippen molar-refractivity contribution in [1.82, 2.24) is 4.90 Å². The molecule has 0 radical (unpaired) electrons. The largest absolute Gasteiger partial charge is 0.362 e. The van der Waals surface area contributed by atoms with Gasteiger partial charge in [0.25, 0.3) is 0 Å². The fraction of sp³-hybridized carbons (Fsp3) is 0.118. The third-order valence-corrected chi connectivity index (χ3v) is 3.13. The van der Waals surface area contributed by atoms with Crippen LogP contribution in [0.15, 0.2) is 66.3 Å². The zero-order valence-corrected chi connectivity index (χ0v) is 12.9. The predicted molar refractivity (Wildman–Crippen MR) is 91.6 cm³/mol. The fourth-order valence-corrected chi connectivity index (χ4v) is 2.14. The number of rotatable bonds is 4. The quantitative estimate of drug-likeness (QED) is 0.663. The number of nitrogens with zero attached hydrogens (tertiary/aromatic N) is 2. The summed E-state index contributed by atoms with van der Waals surface area (Å²) in [6, 6.07) is 15.5. The van der Waals surface area contributed by atoms with E-state index in [0.29, 0.717) is 5.02 Å². The first-order valence-electron chi connectivity index (χ1n) is 6.60. The molecule has 0 unspecified atom stereocenters. The van der Waals surface area contributed by atoms with Gasteiger partial charge in [0.1, 0.15) is 5.84 Å². The topological polar surface area (TPSA) is 27.6 Å². The van der Waals surface area contributed by atoms with E-state index in [-0.39, 0.29) is 0 Å². The first-order chi connectivity index (χ1) is 10.1. The number of halogens is 1. The number of anilines is 1. The molecule has 0 saturated carbocycles. The van der Waals surface area contributed by atoms with Gasteiger partial charge >= 0.3 is 0 Å². The molecule has 0 aromatic heterocycles. The number of hydrogen-bond donors (Lipinski definition) is 1. The molecule has 2 aromatic rings. The van der Waals surface area contributed by atoms with Crippen molar-refractivity contribution >= 4 is 28.8 Å². The van der Waals surface area contributed by atoms with Gasteiger partial charge in [0, 0.05) is 24.7 Å². The minimum Gasteiger partial charge on any atom is -0.362 e. The minimum absolute atomic E-state index is 0.668. The summed E-state index contributed by atoms with van der Waals surface area (Å²) < 4.78 is 0. The fourth-order valence-electron chi connectivity index (χ4n) is 1.97. The molecule has 0 fully saturated rings. The average Bonchev–Trinajstić information content (AvgIpc) is 2.47. The Balaban J connectivity index is 2.53. The molecule has 2 rings (SSSR count). The van der Waals surface area contributed by atoms with E-state index in [2.05, 4.69) is 11.9 Å². The van der Waals surface area contributed by atoms with Crippen LogP contribution in [0, 0.1) is 0 Å². The molecule has 0 aliphatic heterocycles. The van der Waals surface area contributed by atoms with Gasteiger partial charge in [-0.25, -0.2) is 4.99 Å². The van der Waals surface area contributed by atoms with Crippen LogP contribution in [0.4, 0.5) is 11.4 Å². The molecule has 1 N–H and O–H groups in total. The lowest BCUT2D eigenvalue weighted by Crippen LogP contribution is -2.23. The van der Waals surface area contributed by atoms with Crippen molar-refractivity contribution in [2.75, 3.05) is 19.4 Å². The van der Waals surface area contributed by atoms with Crippen molar-refractivity contribution in [2.24, 2.45) is 4.99 Å². The van der Waals surface area contributed by atoms with Crippen LogP contribution in [-0.4, -0.2) is 24.8 Å². The van der Waals surface area contributed by atoms with Crippen LogP contribution in [0.2, 0.25) is 5.02 Å². The standard InChI is InChI=1S/C17H18ClN3/c1-4-19-16-12-13(18)10-11-15(16)17(21(2)3)20-14-8-6-5-7-9-14/h4-12,19H,1H2,2-3H3/b20-17+. The smallest absolute Gasteiger partial charge is 0.138 e. The molecule has 0 heterocycles. The second-order valence-electron chi connectivity index (χ2n) is 4.70. The molecule has 3 nitrogen and oxygen atoms in total. The van der Waals surface area contributed by atoms with Gasteiger partial charge in [0.05, 0.1) is 11.4 Å². The molecule has 0 spiro atoms. The number of hydrogen-bond acceptors (Lipinski definition) is 2. The first-order valence-corrected chi connectivity index (χ1v) is 6.98. The zero-order valence-electron chi connectivity index (χ0n) is 12.2. The summed E-state index contributed by atoms with van der Waals surface area (Å²) in [5.74, 6) is 0.849. The van der Waals surface area contributed by atoms with Gasteiger partial charge in [-0.2, -0.15) is 0 Å². The molecule has 0 aliphatic rings. The van der Waals surface area contributed by atoms with Gasteiger partial charge in [-0.05, 0) is 36.5 Å². The molecule has 0 bridgehead atoms. The zero-order chi connectivity index (χ0) is 15.2. The first kappa shape index (κ1) is 15.1. The highest BCUT2D eigenvalue weighted by Crippen LogP contribution is 2.24. The highest BCUT2D eigenvalue weighted by molar-refractivity contribution is 6.31. The molecular formula is C17H18ClN3. The summed E-state index contributed by atoms with van der Waals surface area (Å²) in [7, 11) is 3.93. The molecular weight excluding hydrogens is 282 g/mol. The van der Waals surface area contributed by atoms with Crippen molar-refractivity contribution in [3.63, 3.8) is 0 Å². The summed E-state index contributed by atoms with van der Waals surface area (Å²) in [6.45, 7) is 3.71. The monoisotopic (exact) mass is 299 g/mol. The number of amidine groups is 1. The number of aliphatic imine (C=N–C) groups is 1. The van der Waals surface area contributed by atoms with Crippen molar-refractivity contribution in [3.05, 3.63) is 71.9 Å². The number of nitrogens with one attached hydrogen (secondary N) is 1. The molecule has 2 aromatic carbocycles. The Bertz CT molecular complexity index is 648. The Labute approximate surface area is 130 Å². The Morgan fingerprint density at radius 2 is 1.90 bits per heavy atom. The van der Waals surface area contributed by atoms with Gasteiger partial charge in [0.15, 0.2) is 0 Å². The molecule has 0 atom stereocenters. The van der Waals surface area contributed by atoms with Gasteiger partial charge in [-0.1, -0.05) is 36.4 Å². The van der Waals surface area contributed by atoms with Crippen molar-refractivity contribution in [3.8, 4) is 0 Å². The van der Waals surface area contributed by atoms with Crippen LogP contribution in [0.3, 0.4) is 0 Å². The summed E-state index contributed by atoms with van der Waals surface area (Å²) in [4.78, 5) is 6.70. The average molecular weight is 300 g/mol. The number of para-hydroxylation sites is 1. The Hall–Kier alpha value is -2.26. The van der Waals surface area contributed by atoms with E-state index in [0.717, 1.165) is 22.8 Å². The maximum absolute atomic E-state index is 6.07. The van der Waals surface area contributed by atoms with Crippen LogP contribution >= 0.6 is 11.6 Å². The van der Waals surface area contributed by atoms with Gasteiger partial charge < -0.3 is 10.2 Å². The van der Waals surface area contributed by atoms with E-state index in [4.69, 9.17) is 16.6 Å². The second kappa shape index (κ2) is 6.95. The Morgan fingerprint density at radius 1 is 1.19 bits per heavy atom. The van der Waals surface area contributed by atoms with E-state index < -0.39 is 0 Å². The normalized spacial score (nSPS) is 11.1. The van der Waals surface area contributed by atoms with E-state index in [1.165, 1.54) is 0 Å². The third kappa shape index (κ3) is 3.86. The third-order valence-electron chi connectivity index (χ3n) is 2.89. The van der Waals surface area contributed by atoms with Crippen LogP contribution < -0.4 is 5.32 Å². The SMILES string of the molecule is C=CNc1cc(Cl)ccc1/C(=N\c1ccccc1)N(C)C. The predicted octanol–water partition coefficient (Wildman–Crippen LogP) is 4.54. The van der Waals surface area contributed by atoms with E-state index >= 15 is 0 Å². The second-order valence-corrected chi connectivity index (χ2v) is 5.14. The Kier molecular flexibility index (Phi) is 5.01. The lowest BCUT2D eigenvalue weighted by molar-refractivity contribution is 0.624. The summed E-state index contributed by atoms with van der Waals surface area (Å²) in [5.41, 5.74) is 2.75. The Morgan fingerprint density at radius 3 is 2.52 bits per heavy atom. The minimum atomic E-state index is 0.668. The lowest BCUT2D eigenvalue weighted by atomic mass is 10.1. The van der Waals surface area contributed by atoms with Crippen LogP contribution in [0.1, 0.15) is 5.56 Å². The van der Waals surface area contributed by atoms with E-state index in [1.807, 2.05) is 67.5 Å². The van der Waals surface area contributed by atoms with Gasteiger partial charge in [0.2, 0.25) is 0 Å². The van der Waals surface area contributed by atoms with Crippen LogP contribution in [0.5, 0.6) is 0 Å². The van der Waals surface area contributed by atoms with Crippen molar-refractivity contribution in [1.29, 1.82) is 0 Å². The summed E-state index contributed by atoms with van der Waals surface area (Å²) in [6.07, 6.45) is 1.63. The maximum Gasteiger partial charge on any atom is 0.138 e. The molecule has 108 valence electrons. The number of benzene rings is 2. The van der Waals surface area contributed by atoms with Crippen molar-refractivity contribution < 1.29 is 0 Å². The molecule has 21 heavy (non-hydrogen) atoms. The van der Waals surface area contributed by atoms with Crippen LogP contribution in [-0.2, 0) is 0 Å². The van der Waals surface area contributed by atoms with E-state index in [9.17, 15) is 0 Å². The molecule has 0 amide bonds. The van der Waals surface area contributed by atoms with Gasteiger partial charge in [-0.3, -0.25) is 0 Å². The molecule has 0 saturated heterocycles. The highest BCUT2D eigenvalue weighted by atomic mass is 35.5. The summed E-state index contributed by atoms with van der Waals surface area (Å²) in [5, 5.41) is 3.78. The molecule has 0 aliphatic carbocycles. The maximum atomic E-state index is 6.07. The van der Waals surface area contributed by atoms with Crippen molar-refractivity contribution in [2.45, 2.75) is 0 Å².